The summed E-state index contributed by atoms with van der Waals surface area (Å²) in [7, 11) is 0. The molecule has 1 heterocycles. The molecule has 0 spiro atoms. The molecule has 5 aliphatic carbocycles. The molecule has 7 heteroatoms. The zero-order valence-electron chi connectivity index (χ0n) is 30.1. The Morgan fingerprint density at radius 3 is 2.10 bits per heavy atom. The van der Waals surface area contributed by atoms with Crippen LogP contribution in [0.15, 0.2) is 36.4 Å². The number of carbonyl (C=O) groups excluding carboxylic acids is 2. The van der Waals surface area contributed by atoms with Crippen LogP contribution in [0.2, 0.25) is 0 Å². The van der Waals surface area contributed by atoms with Gasteiger partial charge in [-0.05, 0) is 135 Å². The van der Waals surface area contributed by atoms with Gasteiger partial charge in [0.05, 0.1) is 11.0 Å². The Bertz CT molecular complexity index is 1480. The lowest BCUT2D eigenvalue weighted by Crippen LogP contribution is -2.67. The summed E-state index contributed by atoms with van der Waals surface area (Å²) >= 11 is 0. The van der Waals surface area contributed by atoms with Crippen LogP contribution in [0, 0.1) is 56.7 Å². The van der Waals surface area contributed by atoms with Crippen molar-refractivity contribution in [2.45, 2.75) is 112 Å². The zero-order valence-corrected chi connectivity index (χ0v) is 30.1. The summed E-state index contributed by atoms with van der Waals surface area (Å²) in [6.07, 6.45) is 5.95. The third kappa shape index (κ3) is 4.66. The summed E-state index contributed by atoms with van der Waals surface area (Å²) in [4.78, 5) is 32.3. The highest BCUT2D eigenvalue weighted by Gasteiger charge is 2.72. The number of hydrogen-bond acceptors (Lipinski definition) is 3. The fraction of sp³-hybridized carbons (Fsp3) is 0.756. The van der Waals surface area contributed by atoms with Crippen molar-refractivity contribution >= 4 is 17.4 Å². The van der Waals surface area contributed by atoms with Gasteiger partial charge in [-0.2, -0.15) is 13.2 Å². The van der Waals surface area contributed by atoms with Crippen LogP contribution in [0.4, 0.5) is 18.9 Å². The van der Waals surface area contributed by atoms with Crippen LogP contribution < -0.4 is 4.90 Å². The number of ketones is 1. The minimum Gasteiger partial charge on any atom is -0.368 e. The molecule has 264 valence electrons. The van der Waals surface area contributed by atoms with Gasteiger partial charge in [0.15, 0.2) is 0 Å². The van der Waals surface area contributed by atoms with Gasteiger partial charge in [0, 0.05) is 43.7 Å². The van der Waals surface area contributed by atoms with E-state index in [0.717, 1.165) is 62.8 Å². The second-order valence-electron chi connectivity index (χ2n) is 18.3. The molecule has 0 aromatic heterocycles. The summed E-state index contributed by atoms with van der Waals surface area (Å²) in [5, 5.41) is 0. The molecule has 6 fully saturated rings. The van der Waals surface area contributed by atoms with E-state index in [-0.39, 0.29) is 27.1 Å². The van der Waals surface area contributed by atoms with Gasteiger partial charge in [0.1, 0.15) is 5.78 Å². The van der Waals surface area contributed by atoms with Gasteiger partial charge in [0.25, 0.3) is 0 Å². The Hall–Kier alpha value is -2.31. The highest BCUT2D eigenvalue weighted by Crippen LogP contribution is 2.77. The summed E-state index contributed by atoms with van der Waals surface area (Å²) in [6.45, 7) is 21.3. The SMILES string of the molecule is C=C(C)[C@@H]1CC[C@]2(C(=O)N3CCN(c4ccc(C(F)(F)F)cc4)CC3)CC[C@]3(C)C(CC[C@@H]4[C@@]5(C)CCC(=O)C(C)(C)C5CC[C@]43C)[C@@H]12. The van der Waals surface area contributed by atoms with Crippen molar-refractivity contribution in [3.63, 3.8) is 0 Å². The quantitative estimate of drug-likeness (QED) is 0.302. The first-order chi connectivity index (χ1) is 22.4. The minimum atomic E-state index is -4.35. The van der Waals surface area contributed by atoms with E-state index >= 15 is 0 Å². The third-order valence-corrected chi connectivity index (χ3v) is 16.4. The van der Waals surface area contributed by atoms with Crippen LogP contribution in [-0.2, 0) is 15.8 Å². The van der Waals surface area contributed by atoms with Gasteiger partial charge >= 0.3 is 6.18 Å². The van der Waals surface area contributed by atoms with Crippen LogP contribution in [0.3, 0.4) is 0 Å². The van der Waals surface area contributed by atoms with Crippen LogP contribution >= 0.6 is 0 Å². The summed E-state index contributed by atoms with van der Waals surface area (Å²) in [6, 6.07) is 5.43. The highest BCUT2D eigenvalue weighted by atomic mass is 19.4. The molecule has 2 unspecified atom stereocenters. The smallest absolute Gasteiger partial charge is 0.368 e. The Morgan fingerprint density at radius 2 is 1.48 bits per heavy atom. The second kappa shape index (κ2) is 11.1. The van der Waals surface area contributed by atoms with Crippen LogP contribution in [-0.4, -0.2) is 42.8 Å². The largest absolute Gasteiger partial charge is 0.416 e. The molecule has 0 bridgehead atoms. The van der Waals surface area contributed by atoms with Crippen molar-refractivity contribution in [2.75, 3.05) is 31.1 Å². The molecule has 6 aliphatic rings. The fourth-order valence-electron chi connectivity index (χ4n) is 13.7. The van der Waals surface area contributed by atoms with Crippen molar-refractivity contribution in [3.8, 4) is 0 Å². The van der Waals surface area contributed by atoms with Gasteiger partial charge in [-0.15, -0.1) is 0 Å². The number of fused-ring (bicyclic) bond motifs is 7. The minimum absolute atomic E-state index is 0.128. The standard InChI is InChI=1S/C41H57F3N2O2/c1-26(2)29-14-19-40(35(48)46-24-22-45(23-25-46)28-10-8-27(9-11-28)41(42,43)44)21-20-38(6)30(34(29)40)12-13-32-37(5)17-16-33(47)36(3,4)31(37)15-18-39(32,38)7/h8-11,29-32,34H,1,12-25H2,2-7H3/t29-,30?,31?,32+,34+,37-,38+,39+,40-/m0/s1. The number of amides is 1. The van der Waals surface area contributed by atoms with E-state index in [0.29, 0.717) is 73.9 Å². The number of benzene rings is 1. The topological polar surface area (TPSA) is 40.6 Å². The molecule has 1 aliphatic heterocycles. The molecular weight excluding hydrogens is 609 g/mol. The van der Waals surface area contributed by atoms with E-state index in [4.69, 9.17) is 0 Å². The normalized spacial score (nSPS) is 42.4. The van der Waals surface area contributed by atoms with Gasteiger partial charge in [-0.3, -0.25) is 9.59 Å². The summed E-state index contributed by atoms with van der Waals surface area (Å²) in [5.41, 5.74) is 1.21. The number of piperazine rings is 1. The molecule has 0 N–H and O–H groups in total. The maximum atomic E-state index is 14.9. The molecule has 1 amide bonds. The summed E-state index contributed by atoms with van der Waals surface area (Å²) in [5.74, 6) is 2.90. The Kier molecular flexibility index (Phi) is 7.89. The third-order valence-electron chi connectivity index (χ3n) is 16.4. The van der Waals surface area contributed by atoms with E-state index in [2.05, 4.69) is 57.9 Å². The first-order valence-corrected chi connectivity index (χ1v) is 18.8. The van der Waals surface area contributed by atoms with Gasteiger partial charge in [-0.1, -0.05) is 46.8 Å². The monoisotopic (exact) mass is 666 g/mol. The average molecular weight is 667 g/mol. The Balaban J connectivity index is 1.14. The molecule has 4 nitrogen and oxygen atoms in total. The van der Waals surface area contributed by atoms with Crippen LogP contribution in [0.5, 0.6) is 0 Å². The predicted octanol–water partition coefficient (Wildman–Crippen LogP) is 9.58. The number of carbonyl (C=O) groups is 2. The first kappa shape index (κ1) is 34.2. The van der Waals surface area contributed by atoms with Gasteiger partial charge in [0.2, 0.25) is 5.91 Å². The maximum absolute atomic E-state index is 14.9. The number of rotatable bonds is 3. The average Bonchev–Trinajstić information content (AvgIpc) is 3.44. The number of alkyl halides is 3. The molecule has 48 heavy (non-hydrogen) atoms. The molecule has 1 aromatic carbocycles. The molecule has 7 rings (SSSR count). The molecule has 1 aromatic rings. The number of nitrogens with zero attached hydrogens (tertiary/aromatic N) is 2. The lowest BCUT2D eigenvalue weighted by molar-refractivity contribution is -0.234. The summed E-state index contributed by atoms with van der Waals surface area (Å²) < 4.78 is 39.4. The van der Waals surface area contributed by atoms with Crippen molar-refractivity contribution in [3.05, 3.63) is 42.0 Å². The maximum Gasteiger partial charge on any atom is 0.416 e. The molecule has 9 atom stereocenters. The Morgan fingerprint density at radius 1 is 0.812 bits per heavy atom. The molecule has 1 saturated heterocycles. The van der Waals surface area contributed by atoms with E-state index in [1.165, 1.54) is 18.4 Å². The predicted molar refractivity (Wildman–Crippen MR) is 184 cm³/mol. The lowest BCUT2D eigenvalue weighted by Gasteiger charge is -2.72. The van der Waals surface area contributed by atoms with Crippen molar-refractivity contribution in [1.29, 1.82) is 0 Å². The molecular formula is C41H57F3N2O2. The van der Waals surface area contributed by atoms with Crippen molar-refractivity contribution in [2.24, 2.45) is 56.7 Å². The number of Topliss-reactive ketones (excluding diaryl/α,β-unsaturated/α-hetero) is 1. The first-order valence-electron chi connectivity index (χ1n) is 18.8. The van der Waals surface area contributed by atoms with E-state index in [1.54, 1.807) is 12.1 Å². The molecule has 5 saturated carbocycles. The fourth-order valence-corrected chi connectivity index (χ4v) is 13.7. The lowest BCUT2D eigenvalue weighted by atomic mass is 9.32. The van der Waals surface area contributed by atoms with Crippen molar-refractivity contribution < 1.29 is 22.8 Å². The number of hydrogen-bond donors (Lipinski definition) is 0. The van der Waals surface area contributed by atoms with Crippen molar-refractivity contribution in [1.82, 2.24) is 4.90 Å². The Labute approximate surface area is 286 Å². The number of anilines is 1. The highest BCUT2D eigenvalue weighted by molar-refractivity contribution is 5.86. The number of halogens is 3. The van der Waals surface area contributed by atoms with E-state index < -0.39 is 11.7 Å². The number of allylic oxidation sites excluding steroid dienone is 1. The van der Waals surface area contributed by atoms with E-state index in [9.17, 15) is 22.8 Å². The van der Waals surface area contributed by atoms with Gasteiger partial charge < -0.3 is 9.80 Å². The molecule has 0 radical (unpaired) electrons. The van der Waals surface area contributed by atoms with E-state index in [1.807, 2.05) is 0 Å². The second-order valence-corrected chi connectivity index (χ2v) is 18.3. The van der Waals surface area contributed by atoms with Crippen LogP contribution in [0.1, 0.15) is 111 Å². The van der Waals surface area contributed by atoms with Crippen LogP contribution in [0.25, 0.3) is 0 Å². The van der Waals surface area contributed by atoms with Gasteiger partial charge in [-0.25, -0.2) is 0 Å². The zero-order chi connectivity index (χ0) is 34.7.